The summed E-state index contributed by atoms with van der Waals surface area (Å²) in [7, 11) is 0. The van der Waals surface area contributed by atoms with E-state index in [-0.39, 0.29) is 41.6 Å². The number of fused-ring (bicyclic) bond motifs is 1. The summed E-state index contributed by atoms with van der Waals surface area (Å²) in [6.07, 6.45) is 10.1. The molecule has 4 fully saturated rings. The second-order valence-corrected chi connectivity index (χ2v) is 15.2. The second kappa shape index (κ2) is 16.8. The molecule has 1 saturated carbocycles. The number of carbonyl (C=O) groups excluding carboxylic acids is 4. The number of amides is 3. The number of aliphatic hydroxyl groups excluding tert-OH is 1. The molecule has 3 amide bonds. The Hall–Kier alpha value is -3.02. The molecular weight excluding hydrogens is 690 g/mol. The summed E-state index contributed by atoms with van der Waals surface area (Å²) in [5.74, 6) is -3.03. The quantitative estimate of drug-likeness (QED) is 0.0997. The fourth-order valence-electron chi connectivity index (χ4n) is 8.54. The third kappa shape index (κ3) is 7.69. The van der Waals surface area contributed by atoms with Crippen LogP contribution in [0.4, 0.5) is 0 Å². The molecule has 49 heavy (non-hydrogen) atoms. The third-order valence-corrected chi connectivity index (χ3v) is 11.6. The van der Waals surface area contributed by atoms with Crippen LogP contribution in [0.1, 0.15) is 89.2 Å². The number of ether oxygens (including phenoxy) is 2. The van der Waals surface area contributed by atoms with Crippen LogP contribution in [-0.2, 0) is 28.7 Å². The van der Waals surface area contributed by atoms with E-state index in [2.05, 4.69) is 34.4 Å². The van der Waals surface area contributed by atoms with Crippen molar-refractivity contribution in [3.05, 3.63) is 61.2 Å². The molecule has 3 heterocycles. The zero-order valence-electron chi connectivity index (χ0n) is 28.6. The van der Waals surface area contributed by atoms with Crippen LogP contribution in [0.25, 0.3) is 0 Å². The Kier molecular flexibility index (Phi) is 12.8. The first-order valence-electron chi connectivity index (χ1n) is 18.0. The van der Waals surface area contributed by atoms with Gasteiger partial charge in [0.05, 0.1) is 24.0 Å². The van der Waals surface area contributed by atoms with E-state index in [9.17, 15) is 24.3 Å². The molecule has 2 N–H and O–H groups in total. The molecule has 4 aliphatic rings. The van der Waals surface area contributed by atoms with E-state index in [4.69, 9.17) is 9.47 Å². The maximum atomic E-state index is 14.8. The van der Waals surface area contributed by atoms with Crippen molar-refractivity contribution in [2.45, 2.75) is 118 Å². The summed E-state index contributed by atoms with van der Waals surface area (Å²) >= 11 is 3.77. The van der Waals surface area contributed by atoms with Gasteiger partial charge in [0.15, 0.2) is 0 Å². The highest BCUT2D eigenvalue weighted by molar-refractivity contribution is 9.09. The average Bonchev–Trinajstić information content (AvgIpc) is 3.70. The Morgan fingerprint density at radius 2 is 1.88 bits per heavy atom. The zero-order valence-corrected chi connectivity index (χ0v) is 30.2. The van der Waals surface area contributed by atoms with E-state index in [0.29, 0.717) is 50.8 Å². The number of nitrogens with one attached hydrogen (secondary N) is 1. The van der Waals surface area contributed by atoms with Gasteiger partial charge in [-0.3, -0.25) is 19.2 Å². The maximum Gasteiger partial charge on any atom is 0.313 e. The number of likely N-dealkylation sites (tertiary alicyclic amines) is 1. The van der Waals surface area contributed by atoms with Gasteiger partial charge in [-0.1, -0.05) is 77.7 Å². The number of carbonyl (C=O) groups is 4. The highest BCUT2D eigenvalue weighted by atomic mass is 79.9. The zero-order chi connectivity index (χ0) is 35.1. The van der Waals surface area contributed by atoms with E-state index in [1.807, 2.05) is 35.2 Å². The highest BCUT2D eigenvalue weighted by Crippen LogP contribution is 2.60. The Labute approximate surface area is 298 Å². The lowest BCUT2D eigenvalue weighted by atomic mass is 9.70. The van der Waals surface area contributed by atoms with Crippen LogP contribution in [0.15, 0.2) is 55.6 Å². The Morgan fingerprint density at radius 3 is 2.55 bits per heavy atom. The largest absolute Gasteiger partial charge is 0.455 e. The van der Waals surface area contributed by atoms with Crippen molar-refractivity contribution in [1.29, 1.82) is 0 Å². The number of hydrogen-bond donors (Lipinski definition) is 2. The van der Waals surface area contributed by atoms with Crippen LogP contribution in [0.3, 0.4) is 0 Å². The van der Waals surface area contributed by atoms with Gasteiger partial charge >= 0.3 is 5.97 Å². The average molecular weight is 743 g/mol. The number of hydrogen-bond acceptors (Lipinski definition) is 7. The summed E-state index contributed by atoms with van der Waals surface area (Å²) in [4.78, 5) is 59.8. The molecule has 3 aliphatic heterocycles. The Balaban J connectivity index is 1.46. The normalized spacial score (nSPS) is 28.8. The van der Waals surface area contributed by atoms with E-state index < -0.39 is 47.7 Å². The molecule has 2 bridgehead atoms. The van der Waals surface area contributed by atoms with Gasteiger partial charge in [-0.05, 0) is 57.4 Å². The minimum Gasteiger partial charge on any atom is -0.455 e. The summed E-state index contributed by atoms with van der Waals surface area (Å²) < 4.78 is 13.0. The summed E-state index contributed by atoms with van der Waals surface area (Å²) in [6, 6.07) is 7.85. The van der Waals surface area contributed by atoms with Crippen LogP contribution in [0, 0.1) is 11.8 Å². The topological polar surface area (TPSA) is 125 Å². The fourth-order valence-corrected chi connectivity index (χ4v) is 9.48. The highest BCUT2D eigenvalue weighted by Gasteiger charge is 2.77. The van der Waals surface area contributed by atoms with Crippen molar-refractivity contribution < 1.29 is 33.8 Å². The lowest BCUT2D eigenvalue weighted by Gasteiger charge is -2.41. The van der Waals surface area contributed by atoms with Crippen LogP contribution in [0.5, 0.6) is 0 Å². The molecule has 3 saturated heterocycles. The van der Waals surface area contributed by atoms with E-state index >= 15 is 0 Å². The molecule has 11 heteroatoms. The Morgan fingerprint density at radius 1 is 1.14 bits per heavy atom. The molecule has 0 aromatic heterocycles. The lowest BCUT2D eigenvalue weighted by molar-refractivity contribution is -0.162. The van der Waals surface area contributed by atoms with Crippen LogP contribution >= 0.6 is 15.9 Å². The summed E-state index contributed by atoms with van der Waals surface area (Å²) in [5, 5.41) is 12.4. The van der Waals surface area contributed by atoms with Gasteiger partial charge in [-0.15, -0.1) is 13.2 Å². The number of rotatable bonds is 17. The molecule has 5 rings (SSSR count). The fraction of sp³-hybridized carbons (Fsp3) is 0.632. The Bertz CT molecular complexity index is 1350. The van der Waals surface area contributed by atoms with E-state index in [1.54, 1.807) is 24.0 Å². The molecule has 268 valence electrons. The number of nitrogens with zero attached hydrogens (tertiary/aromatic N) is 2. The van der Waals surface area contributed by atoms with Gasteiger partial charge < -0.3 is 29.7 Å². The van der Waals surface area contributed by atoms with Crippen molar-refractivity contribution in [1.82, 2.24) is 15.1 Å². The number of alkyl halides is 1. The van der Waals surface area contributed by atoms with Gasteiger partial charge in [-0.25, -0.2) is 0 Å². The minimum atomic E-state index is -1.20. The van der Waals surface area contributed by atoms with Gasteiger partial charge in [-0.2, -0.15) is 0 Å². The first-order chi connectivity index (χ1) is 23.7. The van der Waals surface area contributed by atoms with E-state index in [1.165, 1.54) is 0 Å². The molecule has 10 nitrogen and oxygen atoms in total. The summed E-state index contributed by atoms with van der Waals surface area (Å²) in [6.45, 7) is 10.2. The van der Waals surface area contributed by atoms with Crippen LogP contribution < -0.4 is 5.32 Å². The number of aliphatic hydroxyl groups is 1. The minimum absolute atomic E-state index is 0.0509. The van der Waals surface area contributed by atoms with E-state index in [0.717, 1.165) is 32.1 Å². The van der Waals surface area contributed by atoms with Gasteiger partial charge in [0.1, 0.15) is 17.7 Å². The first-order valence-corrected chi connectivity index (χ1v) is 18.9. The molecule has 0 radical (unpaired) electrons. The molecule has 1 aliphatic carbocycles. The predicted molar refractivity (Wildman–Crippen MR) is 189 cm³/mol. The molecule has 1 unspecified atom stereocenters. The molecule has 8 atom stereocenters. The molecule has 1 aromatic rings. The van der Waals surface area contributed by atoms with Crippen molar-refractivity contribution in [2.24, 2.45) is 11.8 Å². The smallest absolute Gasteiger partial charge is 0.313 e. The van der Waals surface area contributed by atoms with Gasteiger partial charge in [0.2, 0.25) is 17.7 Å². The predicted octanol–water partition coefficient (Wildman–Crippen LogP) is 5.00. The maximum absolute atomic E-state index is 14.8. The van der Waals surface area contributed by atoms with Gasteiger partial charge in [0.25, 0.3) is 0 Å². The number of allylic oxidation sites excluding steroid dienone is 1. The van der Waals surface area contributed by atoms with Crippen LogP contribution in [-0.4, -0.2) is 93.0 Å². The number of benzene rings is 1. The van der Waals surface area contributed by atoms with Crippen molar-refractivity contribution in [2.75, 3.05) is 19.7 Å². The van der Waals surface area contributed by atoms with Gasteiger partial charge in [0, 0.05) is 37.0 Å². The molecule has 1 aromatic carbocycles. The van der Waals surface area contributed by atoms with Crippen LogP contribution in [0.2, 0.25) is 0 Å². The molecule has 1 spiro atoms. The number of unbranched alkanes of at least 4 members (excludes halogenated alkanes) is 2. The monoisotopic (exact) mass is 741 g/mol. The SMILES string of the molecule is C=CCCC(=O)N[C@H](C)[C@@H](OC(=O)[C@@H]1[C@H]2O[C@@]3(CC2Br)[C@H](C(=O)N(CC=C)C2CCCCC2)N(CCCCCO)C(=O)[C@@H]13)c1ccccc1. The standard InChI is InChI=1S/C38H52BrN3O7/c1-4-6-20-29(44)40-25(3)32(26-16-10-7-11-17-26)48-37(47)30-31-35(45)42(22-14-9-15-23-43)34(38(31)24-28(39)33(30)49-38)36(46)41(21-5-2)27-18-12-8-13-19-27/h4-5,7,10-11,16-17,25,27-28,30-34,43H,1-2,6,8-9,12-15,18-24H2,3H3,(H,40,44)/t25-,28?,30+,31-,32-,33+,34+,38-/m1/s1. The van der Waals surface area contributed by atoms with Crippen molar-refractivity contribution in [3.8, 4) is 0 Å². The second-order valence-electron chi connectivity index (χ2n) is 14.0. The van der Waals surface area contributed by atoms with Crippen molar-refractivity contribution in [3.63, 3.8) is 0 Å². The first kappa shape index (κ1) is 37.2. The van der Waals surface area contributed by atoms with Crippen molar-refractivity contribution >= 4 is 39.6 Å². The molecular formula is C38H52BrN3O7. The lowest BCUT2D eigenvalue weighted by Crippen LogP contribution is -2.58. The summed E-state index contributed by atoms with van der Waals surface area (Å²) in [5.41, 5.74) is -0.487. The number of esters is 1. The number of halogens is 1. The third-order valence-electron chi connectivity index (χ3n) is 10.8.